The van der Waals surface area contributed by atoms with Crippen molar-refractivity contribution in [2.24, 2.45) is 0 Å². The van der Waals surface area contributed by atoms with Gasteiger partial charge in [0.05, 0.1) is 17.8 Å². The number of amides is 3. The standard InChI is InChI=1S/C22H26F3N5O3/c1-2-11-28-12-13-29(15-19(28)32)18(31)9-6-10-26-21(33)17-14-30(16-7-4-3-5-8-16)27-20(17)22(23,24)25/h3-5,7-8,14H,2,6,9-13,15H2,1H3,(H,26,33). The van der Waals surface area contributed by atoms with Gasteiger partial charge in [-0.2, -0.15) is 18.3 Å². The Labute approximate surface area is 189 Å². The maximum atomic E-state index is 13.4. The lowest BCUT2D eigenvalue weighted by atomic mass is 10.2. The summed E-state index contributed by atoms with van der Waals surface area (Å²) < 4.78 is 41.2. The molecule has 1 aromatic carbocycles. The molecular formula is C22H26F3N5O3. The van der Waals surface area contributed by atoms with Gasteiger partial charge in [-0.3, -0.25) is 14.4 Å². The van der Waals surface area contributed by atoms with Crippen molar-refractivity contribution in [3.8, 4) is 5.69 Å². The number of para-hydroxylation sites is 1. The number of alkyl halides is 3. The molecule has 0 spiro atoms. The number of hydrogen-bond acceptors (Lipinski definition) is 4. The van der Waals surface area contributed by atoms with Crippen LogP contribution < -0.4 is 5.32 Å². The van der Waals surface area contributed by atoms with Crippen LogP contribution in [-0.4, -0.2) is 70.0 Å². The van der Waals surface area contributed by atoms with Crippen molar-refractivity contribution in [3.63, 3.8) is 0 Å². The average Bonchev–Trinajstić information content (AvgIpc) is 3.25. The van der Waals surface area contributed by atoms with Crippen molar-refractivity contribution in [2.75, 3.05) is 32.7 Å². The Hall–Kier alpha value is -3.37. The number of carbonyl (C=O) groups excluding carboxylic acids is 3. The van der Waals surface area contributed by atoms with Crippen LogP contribution in [0.3, 0.4) is 0 Å². The van der Waals surface area contributed by atoms with E-state index in [1.54, 1.807) is 35.2 Å². The van der Waals surface area contributed by atoms with Crippen LogP contribution >= 0.6 is 0 Å². The minimum atomic E-state index is -4.80. The first-order chi connectivity index (χ1) is 15.7. The van der Waals surface area contributed by atoms with E-state index in [-0.39, 0.29) is 37.7 Å². The number of rotatable bonds is 8. The summed E-state index contributed by atoms with van der Waals surface area (Å²) in [6.07, 6.45) is -2.59. The molecule has 1 saturated heterocycles. The molecule has 11 heteroatoms. The molecule has 3 rings (SSSR count). The van der Waals surface area contributed by atoms with E-state index in [1.807, 2.05) is 6.92 Å². The van der Waals surface area contributed by atoms with Crippen LogP contribution in [0, 0.1) is 0 Å². The summed E-state index contributed by atoms with van der Waals surface area (Å²) >= 11 is 0. The zero-order chi connectivity index (χ0) is 24.0. The van der Waals surface area contributed by atoms with Crippen LogP contribution in [0.5, 0.6) is 0 Å². The minimum Gasteiger partial charge on any atom is -0.352 e. The number of nitrogens with one attached hydrogen (secondary N) is 1. The molecule has 1 N–H and O–H groups in total. The first-order valence-corrected chi connectivity index (χ1v) is 10.8. The van der Waals surface area contributed by atoms with Crippen molar-refractivity contribution in [2.45, 2.75) is 32.4 Å². The summed E-state index contributed by atoms with van der Waals surface area (Å²) in [5.74, 6) is -1.23. The molecule has 0 radical (unpaired) electrons. The van der Waals surface area contributed by atoms with Crippen molar-refractivity contribution in [3.05, 3.63) is 47.8 Å². The Morgan fingerprint density at radius 1 is 1.15 bits per heavy atom. The van der Waals surface area contributed by atoms with Crippen LogP contribution in [0.1, 0.15) is 42.2 Å². The van der Waals surface area contributed by atoms with Gasteiger partial charge in [0.15, 0.2) is 5.69 Å². The summed E-state index contributed by atoms with van der Waals surface area (Å²) in [6.45, 7) is 3.61. The van der Waals surface area contributed by atoms with Crippen LogP contribution in [0.2, 0.25) is 0 Å². The fraction of sp³-hybridized carbons (Fsp3) is 0.455. The van der Waals surface area contributed by atoms with E-state index in [4.69, 9.17) is 0 Å². The first-order valence-electron chi connectivity index (χ1n) is 10.8. The Balaban J connectivity index is 1.54. The number of piperazine rings is 1. The number of carbonyl (C=O) groups is 3. The van der Waals surface area contributed by atoms with Crippen molar-refractivity contribution in [1.82, 2.24) is 24.9 Å². The molecular weight excluding hydrogens is 439 g/mol. The Morgan fingerprint density at radius 3 is 2.52 bits per heavy atom. The van der Waals surface area contributed by atoms with Gasteiger partial charge in [0.2, 0.25) is 11.8 Å². The van der Waals surface area contributed by atoms with E-state index in [0.29, 0.717) is 25.3 Å². The van der Waals surface area contributed by atoms with Crippen molar-refractivity contribution >= 4 is 17.7 Å². The third-order valence-electron chi connectivity index (χ3n) is 5.27. The van der Waals surface area contributed by atoms with E-state index in [2.05, 4.69) is 10.4 Å². The molecule has 0 aliphatic carbocycles. The summed E-state index contributed by atoms with van der Waals surface area (Å²) in [6, 6.07) is 8.17. The highest BCUT2D eigenvalue weighted by Crippen LogP contribution is 2.31. The molecule has 0 atom stereocenters. The molecule has 1 aliphatic rings. The maximum absolute atomic E-state index is 13.4. The predicted octanol–water partition coefficient (Wildman–Crippen LogP) is 2.48. The van der Waals surface area contributed by atoms with Gasteiger partial charge in [0, 0.05) is 38.8 Å². The normalized spacial score (nSPS) is 14.5. The van der Waals surface area contributed by atoms with E-state index in [9.17, 15) is 27.6 Å². The molecule has 1 aliphatic heterocycles. The molecule has 2 heterocycles. The van der Waals surface area contributed by atoms with Gasteiger partial charge < -0.3 is 15.1 Å². The van der Waals surface area contributed by atoms with Gasteiger partial charge in [-0.1, -0.05) is 25.1 Å². The number of benzene rings is 1. The predicted molar refractivity (Wildman–Crippen MR) is 114 cm³/mol. The summed E-state index contributed by atoms with van der Waals surface area (Å²) in [7, 11) is 0. The highest BCUT2D eigenvalue weighted by atomic mass is 19.4. The molecule has 3 amide bonds. The minimum absolute atomic E-state index is 0.0160. The number of hydrogen-bond donors (Lipinski definition) is 1. The van der Waals surface area contributed by atoms with Gasteiger partial charge in [-0.05, 0) is 25.0 Å². The monoisotopic (exact) mass is 465 g/mol. The van der Waals surface area contributed by atoms with Gasteiger partial charge in [-0.15, -0.1) is 0 Å². The van der Waals surface area contributed by atoms with Crippen molar-refractivity contribution < 1.29 is 27.6 Å². The second-order valence-corrected chi connectivity index (χ2v) is 7.72. The van der Waals surface area contributed by atoms with Crippen LogP contribution in [0.4, 0.5) is 13.2 Å². The molecule has 33 heavy (non-hydrogen) atoms. The fourth-order valence-corrected chi connectivity index (χ4v) is 3.59. The number of halogens is 3. The molecule has 8 nitrogen and oxygen atoms in total. The third-order valence-corrected chi connectivity index (χ3v) is 5.27. The fourth-order valence-electron chi connectivity index (χ4n) is 3.59. The lowest BCUT2D eigenvalue weighted by molar-refractivity contribution is -0.145. The van der Waals surface area contributed by atoms with E-state index in [1.165, 1.54) is 4.90 Å². The first kappa shape index (κ1) is 24.3. The van der Waals surface area contributed by atoms with E-state index < -0.39 is 23.3 Å². The summed E-state index contributed by atoms with van der Waals surface area (Å²) in [4.78, 5) is 40.0. The van der Waals surface area contributed by atoms with Gasteiger partial charge in [-0.25, -0.2) is 4.68 Å². The summed E-state index contributed by atoms with van der Waals surface area (Å²) in [5, 5.41) is 5.98. The van der Waals surface area contributed by atoms with Crippen molar-refractivity contribution in [1.29, 1.82) is 0 Å². The molecule has 1 fully saturated rings. The SMILES string of the molecule is CCCN1CCN(C(=O)CCCNC(=O)c2cn(-c3ccccc3)nc2C(F)(F)F)CC1=O. The van der Waals surface area contributed by atoms with Crippen LogP contribution in [0.25, 0.3) is 5.69 Å². The average molecular weight is 465 g/mol. The highest BCUT2D eigenvalue weighted by molar-refractivity contribution is 5.95. The molecule has 178 valence electrons. The Bertz CT molecular complexity index is 991. The molecule has 0 bridgehead atoms. The van der Waals surface area contributed by atoms with Gasteiger partial charge in [0.1, 0.15) is 0 Å². The Morgan fingerprint density at radius 2 is 1.88 bits per heavy atom. The van der Waals surface area contributed by atoms with E-state index in [0.717, 1.165) is 17.3 Å². The second kappa shape index (κ2) is 10.5. The lowest BCUT2D eigenvalue weighted by Gasteiger charge is -2.34. The third kappa shape index (κ3) is 6.11. The van der Waals surface area contributed by atoms with Gasteiger partial charge >= 0.3 is 6.18 Å². The maximum Gasteiger partial charge on any atom is 0.435 e. The molecule has 0 saturated carbocycles. The topological polar surface area (TPSA) is 87.5 Å². The van der Waals surface area contributed by atoms with Gasteiger partial charge in [0.25, 0.3) is 5.91 Å². The van der Waals surface area contributed by atoms with E-state index >= 15 is 0 Å². The lowest BCUT2D eigenvalue weighted by Crippen LogP contribution is -2.52. The number of nitrogens with zero attached hydrogens (tertiary/aromatic N) is 4. The zero-order valence-corrected chi connectivity index (χ0v) is 18.3. The Kier molecular flexibility index (Phi) is 7.72. The largest absolute Gasteiger partial charge is 0.435 e. The summed E-state index contributed by atoms with van der Waals surface area (Å²) in [5.41, 5.74) is -1.47. The molecule has 0 unspecified atom stereocenters. The number of aromatic nitrogens is 2. The highest BCUT2D eigenvalue weighted by Gasteiger charge is 2.39. The zero-order valence-electron chi connectivity index (χ0n) is 18.3. The quantitative estimate of drug-likeness (QED) is 0.607. The smallest absolute Gasteiger partial charge is 0.352 e. The molecule has 2 aromatic rings. The molecule has 1 aromatic heterocycles. The van der Waals surface area contributed by atoms with Crippen LogP contribution in [0.15, 0.2) is 36.5 Å². The van der Waals surface area contributed by atoms with Crippen LogP contribution in [-0.2, 0) is 15.8 Å². The second-order valence-electron chi connectivity index (χ2n) is 7.72.